The molecule has 0 aromatic heterocycles. The molecule has 0 aliphatic rings. The fourth-order valence-corrected chi connectivity index (χ4v) is 4.50. The van der Waals surface area contributed by atoms with Gasteiger partial charge in [0.2, 0.25) is 10.0 Å². The van der Waals surface area contributed by atoms with Crippen LogP contribution in [-0.4, -0.2) is 47.6 Å². The molecule has 0 aliphatic carbocycles. The molecule has 0 unspecified atom stereocenters. The average Bonchev–Trinajstić information content (AvgIpc) is 2.65. The van der Waals surface area contributed by atoms with E-state index in [-0.39, 0.29) is 0 Å². The molecule has 0 spiro atoms. The second-order valence-corrected chi connectivity index (χ2v) is 9.37. The highest BCUT2D eigenvalue weighted by Crippen LogP contribution is 2.35. The van der Waals surface area contributed by atoms with Crippen molar-refractivity contribution in [1.82, 2.24) is 5.43 Å². The molecule has 0 aliphatic heterocycles. The van der Waals surface area contributed by atoms with E-state index in [2.05, 4.69) is 42.4 Å². The summed E-state index contributed by atoms with van der Waals surface area (Å²) in [7, 11) is -0.650. The first-order valence-corrected chi connectivity index (χ1v) is 11.6. The van der Waals surface area contributed by atoms with Gasteiger partial charge >= 0.3 is 0 Å². The van der Waals surface area contributed by atoms with E-state index in [1.165, 1.54) is 20.4 Å². The third-order valence-electron chi connectivity index (χ3n) is 3.67. The van der Waals surface area contributed by atoms with Crippen molar-refractivity contribution in [2.45, 2.75) is 0 Å². The van der Waals surface area contributed by atoms with E-state index in [1.54, 1.807) is 36.4 Å². The number of hydrogen-bond acceptors (Lipinski definition) is 6. The number of amides is 1. The molecule has 156 valence electrons. The van der Waals surface area contributed by atoms with E-state index in [0.29, 0.717) is 31.7 Å². The van der Waals surface area contributed by atoms with E-state index in [9.17, 15) is 13.2 Å². The zero-order valence-electron chi connectivity index (χ0n) is 15.8. The van der Waals surface area contributed by atoms with E-state index < -0.39 is 22.5 Å². The number of nitrogens with zero attached hydrogens (tertiary/aromatic N) is 2. The summed E-state index contributed by atoms with van der Waals surface area (Å²) in [5, 5.41) is 3.89. The van der Waals surface area contributed by atoms with Crippen LogP contribution in [0.4, 0.5) is 5.69 Å². The van der Waals surface area contributed by atoms with E-state index in [1.807, 2.05) is 0 Å². The standard InChI is InChI=1S/C18H19Br2N3O5S/c1-27-16-9-12(8-14(20)18(16)28-2)10-21-22-17(24)11-23(29(3,25)26)15-7-5-4-6-13(15)19/h4-10H,11H2,1-3H3,(H,22,24)/b21-10-. The Balaban J connectivity index is 2.14. The van der Waals surface area contributed by atoms with Crippen molar-refractivity contribution < 1.29 is 22.7 Å². The third kappa shape index (κ3) is 6.18. The number of ether oxygens (including phenoxy) is 2. The van der Waals surface area contributed by atoms with Gasteiger partial charge < -0.3 is 9.47 Å². The highest BCUT2D eigenvalue weighted by atomic mass is 79.9. The molecule has 29 heavy (non-hydrogen) atoms. The fraction of sp³-hybridized carbons (Fsp3) is 0.222. The summed E-state index contributed by atoms with van der Waals surface area (Å²) in [5.41, 5.74) is 3.33. The first kappa shape index (κ1) is 23.2. The highest BCUT2D eigenvalue weighted by molar-refractivity contribution is 9.11. The Bertz CT molecular complexity index is 1030. The van der Waals surface area contributed by atoms with Crippen LogP contribution in [0.3, 0.4) is 0 Å². The van der Waals surface area contributed by atoms with Gasteiger partial charge in [-0.25, -0.2) is 13.8 Å². The smallest absolute Gasteiger partial charge is 0.260 e. The molecular weight excluding hydrogens is 530 g/mol. The second kappa shape index (κ2) is 10.1. The maximum Gasteiger partial charge on any atom is 0.260 e. The van der Waals surface area contributed by atoms with Crippen molar-refractivity contribution in [3.8, 4) is 11.5 Å². The molecule has 8 nitrogen and oxygen atoms in total. The summed E-state index contributed by atoms with van der Waals surface area (Å²) in [4.78, 5) is 12.3. The maximum absolute atomic E-state index is 12.3. The van der Waals surface area contributed by atoms with Gasteiger partial charge in [-0.2, -0.15) is 5.10 Å². The lowest BCUT2D eigenvalue weighted by atomic mass is 10.2. The van der Waals surface area contributed by atoms with Crippen LogP contribution in [0.15, 0.2) is 50.4 Å². The van der Waals surface area contributed by atoms with Crippen LogP contribution in [0.25, 0.3) is 0 Å². The summed E-state index contributed by atoms with van der Waals surface area (Å²) in [6.45, 7) is -0.422. The number of carbonyl (C=O) groups excluding carboxylic acids is 1. The molecular formula is C18H19Br2N3O5S. The molecule has 1 N–H and O–H groups in total. The fourth-order valence-electron chi connectivity index (χ4n) is 2.39. The van der Waals surface area contributed by atoms with Crippen LogP contribution in [0.1, 0.15) is 5.56 Å². The predicted octanol–water partition coefficient (Wildman–Crippen LogP) is 3.15. The van der Waals surface area contributed by atoms with E-state index in [0.717, 1.165) is 10.6 Å². The SMILES string of the molecule is COc1cc(/C=N\NC(=O)CN(c2ccccc2Br)S(C)(=O)=O)cc(Br)c1OC. The van der Waals surface area contributed by atoms with Gasteiger partial charge in [0.05, 0.1) is 36.9 Å². The summed E-state index contributed by atoms with van der Waals surface area (Å²) in [5.74, 6) is 0.430. The number of nitrogens with one attached hydrogen (secondary N) is 1. The first-order valence-electron chi connectivity index (χ1n) is 8.13. The van der Waals surface area contributed by atoms with Gasteiger partial charge in [-0.05, 0) is 61.7 Å². The molecule has 0 saturated heterocycles. The van der Waals surface area contributed by atoms with Gasteiger partial charge in [-0.15, -0.1) is 0 Å². The van der Waals surface area contributed by atoms with Crippen LogP contribution >= 0.6 is 31.9 Å². The predicted molar refractivity (Wildman–Crippen MR) is 119 cm³/mol. The molecule has 0 bridgehead atoms. The third-order valence-corrected chi connectivity index (χ3v) is 6.05. The molecule has 2 rings (SSSR count). The van der Waals surface area contributed by atoms with Crippen LogP contribution < -0.4 is 19.2 Å². The Labute approximate surface area is 186 Å². The molecule has 0 atom stereocenters. The topological polar surface area (TPSA) is 97.3 Å². The van der Waals surface area contributed by atoms with Crippen molar-refractivity contribution in [1.29, 1.82) is 0 Å². The zero-order valence-corrected chi connectivity index (χ0v) is 19.8. The van der Waals surface area contributed by atoms with Crippen LogP contribution in [0.2, 0.25) is 0 Å². The number of rotatable bonds is 8. The number of anilines is 1. The molecule has 2 aromatic rings. The number of halogens is 2. The lowest BCUT2D eigenvalue weighted by Crippen LogP contribution is -2.39. The number of benzene rings is 2. The van der Waals surface area contributed by atoms with Crippen molar-refractivity contribution in [2.24, 2.45) is 5.10 Å². The van der Waals surface area contributed by atoms with Gasteiger partial charge in [0.1, 0.15) is 6.54 Å². The van der Waals surface area contributed by atoms with Crippen molar-refractivity contribution in [3.05, 3.63) is 50.9 Å². The van der Waals surface area contributed by atoms with Gasteiger partial charge in [0.15, 0.2) is 11.5 Å². The molecule has 1 amide bonds. The number of hydrazone groups is 1. The van der Waals surface area contributed by atoms with Crippen LogP contribution in [-0.2, 0) is 14.8 Å². The summed E-state index contributed by atoms with van der Waals surface area (Å²) >= 11 is 6.68. The molecule has 2 aromatic carbocycles. The average molecular weight is 549 g/mol. The minimum absolute atomic E-state index is 0.359. The lowest BCUT2D eigenvalue weighted by molar-refractivity contribution is -0.119. The normalized spacial score (nSPS) is 11.3. The largest absolute Gasteiger partial charge is 0.493 e. The molecule has 0 fully saturated rings. The van der Waals surface area contributed by atoms with Gasteiger partial charge in [-0.1, -0.05) is 12.1 Å². The maximum atomic E-state index is 12.3. The Morgan fingerprint density at radius 3 is 2.45 bits per heavy atom. The quantitative estimate of drug-likeness (QED) is 0.404. The van der Waals surface area contributed by atoms with Gasteiger partial charge in [-0.3, -0.25) is 9.10 Å². The minimum Gasteiger partial charge on any atom is -0.493 e. The van der Waals surface area contributed by atoms with Gasteiger partial charge in [0.25, 0.3) is 5.91 Å². The lowest BCUT2D eigenvalue weighted by Gasteiger charge is -2.22. The number of para-hydroxylation sites is 1. The first-order chi connectivity index (χ1) is 13.7. The molecule has 11 heteroatoms. The van der Waals surface area contributed by atoms with Crippen molar-refractivity contribution in [2.75, 3.05) is 31.3 Å². The Morgan fingerprint density at radius 1 is 1.17 bits per heavy atom. The van der Waals surface area contributed by atoms with Crippen molar-refractivity contribution in [3.63, 3.8) is 0 Å². The number of sulfonamides is 1. The Hall–Kier alpha value is -2.11. The number of hydrogen-bond donors (Lipinski definition) is 1. The second-order valence-electron chi connectivity index (χ2n) is 5.75. The number of methoxy groups -OCH3 is 2. The number of carbonyl (C=O) groups is 1. The van der Waals surface area contributed by atoms with Crippen molar-refractivity contribution >= 4 is 59.7 Å². The van der Waals surface area contributed by atoms with Gasteiger partial charge in [0, 0.05) is 4.47 Å². The molecule has 0 heterocycles. The highest BCUT2D eigenvalue weighted by Gasteiger charge is 2.22. The monoisotopic (exact) mass is 547 g/mol. The zero-order chi connectivity index (χ0) is 21.6. The summed E-state index contributed by atoms with van der Waals surface area (Å²) in [6.07, 6.45) is 2.44. The Morgan fingerprint density at radius 2 is 1.86 bits per heavy atom. The summed E-state index contributed by atoms with van der Waals surface area (Å²) in [6, 6.07) is 10.1. The molecule has 0 radical (unpaired) electrons. The van der Waals surface area contributed by atoms with Crippen LogP contribution in [0, 0.1) is 0 Å². The summed E-state index contributed by atoms with van der Waals surface area (Å²) < 4.78 is 37.0. The minimum atomic E-state index is -3.68. The van der Waals surface area contributed by atoms with Crippen LogP contribution in [0.5, 0.6) is 11.5 Å². The molecule has 0 saturated carbocycles. The Kier molecular flexibility index (Phi) is 8.05. The van der Waals surface area contributed by atoms with E-state index >= 15 is 0 Å². The van der Waals surface area contributed by atoms with E-state index in [4.69, 9.17) is 9.47 Å².